The zero-order valence-corrected chi connectivity index (χ0v) is 16.0. The van der Waals surface area contributed by atoms with Gasteiger partial charge in [0, 0.05) is 32.2 Å². The molecule has 1 aromatic rings. The topological polar surface area (TPSA) is 75.2 Å². The molecule has 1 aliphatic rings. The van der Waals surface area contributed by atoms with Crippen LogP contribution >= 0.6 is 0 Å². The standard InChI is InChI=1S/C18H26F2N4O3/c1-18(2,3)27-17(25)24-10-13(11-24)23-16(21-4)22-9-12-7-5-6-8-14(12)26-15(19)20/h5-8,13,15H,9-11H2,1-4H3,(H2,21,22,23). The molecule has 0 bridgehead atoms. The van der Waals surface area contributed by atoms with E-state index in [-0.39, 0.29) is 24.4 Å². The normalized spacial score (nSPS) is 15.4. The van der Waals surface area contributed by atoms with E-state index >= 15 is 0 Å². The van der Waals surface area contributed by atoms with Gasteiger partial charge in [0.25, 0.3) is 0 Å². The number of amides is 1. The summed E-state index contributed by atoms with van der Waals surface area (Å²) in [6.45, 7) is 3.86. The number of halogens is 2. The summed E-state index contributed by atoms with van der Waals surface area (Å²) in [5, 5.41) is 6.24. The summed E-state index contributed by atoms with van der Waals surface area (Å²) >= 11 is 0. The number of nitrogens with one attached hydrogen (secondary N) is 2. The van der Waals surface area contributed by atoms with Gasteiger partial charge in [-0.05, 0) is 26.8 Å². The van der Waals surface area contributed by atoms with E-state index in [2.05, 4.69) is 20.4 Å². The zero-order chi connectivity index (χ0) is 20.0. The fourth-order valence-corrected chi connectivity index (χ4v) is 2.47. The molecule has 150 valence electrons. The van der Waals surface area contributed by atoms with Gasteiger partial charge < -0.3 is 25.0 Å². The molecule has 1 aliphatic heterocycles. The van der Waals surface area contributed by atoms with Crippen molar-refractivity contribution in [3.63, 3.8) is 0 Å². The number of hydrogen-bond donors (Lipinski definition) is 2. The lowest BCUT2D eigenvalue weighted by Gasteiger charge is -2.40. The molecule has 0 radical (unpaired) electrons. The number of benzene rings is 1. The zero-order valence-electron chi connectivity index (χ0n) is 16.0. The summed E-state index contributed by atoms with van der Waals surface area (Å²) in [4.78, 5) is 17.6. The fourth-order valence-electron chi connectivity index (χ4n) is 2.47. The number of guanidine groups is 1. The summed E-state index contributed by atoms with van der Waals surface area (Å²) in [6.07, 6.45) is -0.346. The fraction of sp³-hybridized carbons (Fsp3) is 0.556. The number of aliphatic imine (C=N–C) groups is 1. The maximum atomic E-state index is 12.5. The van der Waals surface area contributed by atoms with Crippen molar-refractivity contribution in [3.05, 3.63) is 29.8 Å². The Balaban J connectivity index is 1.81. The van der Waals surface area contributed by atoms with E-state index < -0.39 is 12.2 Å². The molecule has 0 saturated carbocycles. The summed E-state index contributed by atoms with van der Waals surface area (Å²) in [5.74, 6) is 0.630. The third-order valence-corrected chi connectivity index (χ3v) is 3.73. The van der Waals surface area contributed by atoms with Gasteiger partial charge in [0.2, 0.25) is 0 Å². The Labute approximate surface area is 157 Å². The molecule has 0 spiro atoms. The van der Waals surface area contributed by atoms with E-state index in [1.54, 1.807) is 30.1 Å². The molecular formula is C18H26F2N4O3. The molecular weight excluding hydrogens is 358 g/mol. The van der Waals surface area contributed by atoms with E-state index in [0.717, 1.165) is 0 Å². The molecule has 1 saturated heterocycles. The SMILES string of the molecule is CN=C(NCc1ccccc1OC(F)F)NC1CN(C(=O)OC(C)(C)C)C1. The van der Waals surface area contributed by atoms with Gasteiger partial charge in [-0.25, -0.2) is 4.79 Å². The van der Waals surface area contributed by atoms with Gasteiger partial charge in [-0.3, -0.25) is 4.99 Å². The maximum Gasteiger partial charge on any atom is 0.410 e. The lowest BCUT2D eigenvalue weighted by Crippen LogP contribution is -2.63. The number of carbonyl (C=O) groups is 1. The first kappa shape index (κ1) is 20.7. The molecule has 0 atom stereocenters. The molecule has 1 amide bonds. The minimum atomic E-state index is -2.88. The summed E-state index contributed by atoms with van der Waals surface area (Å²) in [5.41, 5.74) is 0.0608. The molecule has 0 aliphatic carbocycles. The maximum absolute atomic E-state index is 12.5. The van der Waals surface area contributed by atoms with Crippen molar-refractivity contribution in [2.75, 3.05) is 20.1 Å². The Hall–Kier alpha value is -2.58. The van der Waals surface area contributed by atoms with Gasteiger partial charge in [-0.15, -0.1) is 0 Å². The molecule has 1 heterocycles. The molecule has 0 unspecified atom stereocenters. The third kappa shape index (κ3) is 6.58. The number of carbonyl (C=O) groups excluding carboxylic acids is 1. The first-order chi connectivity index (χ1) is 12.7. The predicted octanol–water partition coefficient (Wildman–Crippen LogP) is 2.57. The minimum Gasteiger partial charge on any atom is -0.444 e. The van der Waals surface area contributed by atoms with Crippen molar-refractivity contribution >= 4 is 12.1 Å². The highest BCUT2D eigenvalue weighted by atomic mass is 19.3. The molecule has 7 nitrogen and oxygen atoms in total. The highest BCUT2D eigenvalue weighted by Gasteiger charge is 2.34. The number of hydrogen-bond acceptors (Lipinski definition) is 4. The second-order valence-electron chi connectivity index (χ2n) is 7.14. The van der Waals surface area contributed by atoms with Crippen molar-refractivity contribution in [1.29, 1.82) is 0 Å². The molecule has 1 aromatic carbocycles. The molecule has 1 fully saturated rings. The van der Waals surface area contributed by atoms with Crippen LogP contribution in [0.5, 0.6) is 5.75 Å². The molecule has 2 N–H and O–H groups in total. The molecule has 9 heteroatoms. The number of likely N-dealkylation sites (tertiary alicyclic amines) is 1. The van der Waals surface area contributed by atoms with Crippen LogP contribution in [-0.4, -0.2) is 55.3 Å². The summed E-state index contributed by atoms with van der Waals surface area (Å²) in [7, 11) is 1.61. The average Bonchev–Trinajstić information content (AvgIpc) is 2.52. The average molecular weight is 384 g/mol. The molecule has 0 aromatic heterocycles. The monoisotopic (exact) mass is 384 g/mol. The number of nitrogens with zero attached hydrogens (tertiary/aromatic N) is 2. The van der Waals surface area contributed by atoms with Crippen LogP contribution in [0.4, 0.5) is 13.6 Å². The Morgan fingerprint density at radius 3 is 2.59 bits per heavy atom. The summed E-state index contributed by atoms with van der Waals surface area (Å²) in [6, 6.07) is 6.61. The Kier molecular flexibility index (Phi) is 6.81. The van der Waals surface area contributed by atoms with Gasteiger partial charge >= 0.3 is 12.7 Å². The Bertz CT molecular complexity index is 671. The van der Waals surface area contributed by atoms with E-state index in [4.69, 9.17) is 4.74 Å². The van der Waals surface area contributed by atoms with E-state index in [1.165, 1.54) is 6.07 Å². The minimum absolute atomic E-state index is 0.0382. The van der Waals surface area contributed by atoms with Crippen molar-refractivity contribution in [1.82, 2.24) is 15.5 Å². The van der Waals surface area contributed by atoms with Gasteiger partial charge in [0.05, 0.1) is 6.04 Å². The van der Waals surface area contributed by atoms with Crippen LogP contribution in [0.1, 0.15) is 26.3 Å². The van der Waals surface area contributed by atoms with Crippen molar-refractivity contribution in [2.45, 2.75) is 45.6 Å². The van der Waals surface area contributed by atoms with Gasteiger partial charge in [-0.1, -0.05) is 18.2 Å². The van der Waals surface area contributed by atoms with Crippen LogP contribution in [0.2, 0.25) is 0 Å². The number of alkyl halides is 2. The number of ether oxygens (including phenoxy) is 2. The van der Waals surface area contributed by atoms with E-state index in [9.17, 15) is 13.6 Å². The summed E-state index contributed by atoms with van der Waals surface area (Å²) < 4.78 is 34.8. The lowest BCUT2D eigenvalue weighted by molar-refractivity contribution is -0.0504. The Morgan fingerprint density at radius 2 is 2.00 bits per heavy atom. The van der Waals surface area contributed by atoms with Crippen LogP contribution in [0.15, 0.2) is 29.3 Å². The first-order valence-electron chi connectivity index (χ1n) is 8.66. The van der Waals surface area contributed by atoms with Gasteiger partial charge in [0.15, 0.2) is 5.96 Å². The van der Waals surface area contributed by atoms with Crippen LogP contribution in [0.25, 0.3) is 0 Å². The van der Waals surface area contributed by atoms with Crippen LogP contribution < -0.4 is 15.4 Å². The van der Waals surface area contributed by atoms with Gasteiger partial charge in [-0.2, -0.15) is 8.78 Å². The van der Waals surface area contributed by atoms with Crippen molar-refractivity contribution < 1.29 is 23.0 Å². The van der Waals surface area contributed by atoms with Crippen LogP contribution in [0, 0.1) is 0 Å². The van der Waals surface area contributed by atoms with Crippen molar-refractivity contribution in [3.8, 4) is 5.75 Å². The highest BCUT2D eigenvalue weighted by Crippen LogP contribution is 2.20. The van der Waals surface area contributed by atoms with Crippen LogP contribution in [-0.2, 0) is 11.3 Å². The first-order valence-corrected chi connectivity index (χ1v) is 8.66. The van der Waals surface area contributed by atoms with Gasteiger partial charge in [0.1, 0.15) is 11.4 Å². The smallest absolute Gasteiger partial charge is 0.410 e. The van der Waals surface area contributed by atoms with Crippen molar-refractivity contribution in [2.24, 2.45) is 4.99 Å². The quantitative estimate of drug-likeness (QED) is 0.603. The second kappa shape index (κ2) is 8.88. The molecule has 2 rings (SSSR count). The van der Waals surface area contributed by atoms with E-state index in [0.29, 0.717) is 24.6 Å². The highest BCUT2D eigenvalue weighted by molar-refractivity contribution is 5.80. The number of rotatable bonds is 5. The largest absolute Gasteiger partial charge is 0.444 e. The lowest BCUT2D eigenvalue weighted by atomic mass is 10.1. The second-order valence-corrected chi connectivity index (χ2v) is 7.14. The van der Waals surface area contributed by atoms with Crippen LogP contribution in [0.3, 0.4) is 0 Å². The third-order valence-electron chi connectivity index (χ3n) is 3.73. The molecule has 27 heavy (non-hydrogen) atoms. The predicted molar refractivity (Wildman–Crippen MR) is 98.0 cm³/mol. The van der Waals surface area contributed by atoms with E-state index in [1.807, 2.05) is 20.8 Å². The number of para-hydroxylation sites is 1. The Morgan fingerprint density at radius 1 is 1.33 bits per heavy atom.